The van der Waals surface area contributed by atoms with Crippen LogP contribution in [0.15, 0.2) is 97.1 Å². The highest BCUT2D eigenvalue weighted by molar-refractivity contribution is 5.85. The largest absolute Gasteiger partial charge is 0.492 e. The molecular formula is C35H36N2O3. The Balaban J connectivity index is 1.26. The van der Waals surface area contributed by atoms with Crippen LogP contribution in [0.3, 0.4) is 0 Å². The second-order valence-electron chi connectivity index (χ2n) is 10.6. The number of para-hydroxylation sites is 1. The smallest absolute Gasteiger partial charge is 0.152 e. The van der Waals surface area contributed by atoms with E-state index in [1.807, 2.05) is 36.4 Å². The maximum atomic E-state index is 12.0. The Bertz CT molecular complexity index is 1410. The highest BCUT2D eigenvalue weighted by Gasteiger charge is 2.30. The van der Waals surface area contributed by atoms with E-state index in [4.69, 9.17) is 9.47 Å². The Morgan fingerprint density at radius 1 is 0.775 bits per heavy atom. The molecule has 1 atom stereocenters. The Hall–Kier alpha value is -4.09. The summed E-state index contributed by atoms with van der Waals surface area (Å²) in [5.41, 5.74) is 6.51. The lowest BCUT2D eigenvalue weighted by Crippen LogP contribution is -2.36. The third-order valence-corrected chi connectivity index (χ3v) is 8.03. The van der Waals surface area contributed by atoms with E-state index in [0.29, 0.717) is 18.8 Å². The van der Waals surface area contributed by atoms with Crippen LogP contribution < -0.4 is 14.4 Å². The van der Waals surface area contributed by atoms with Gasteiger partial charge in [0.25, 0.3) is 0 Å². The van der Waals surface area contributed by atoms with Crippen molar-refractivity contribution >= 4 is 12.0 Å². The lowest BCUT2D eigenvalue weighted by Gasteiger charge is -2.40. The average molecular weight is 533 g/mol. The Kier molecular flexibility index (Phi) is 8.10. The maximum Gasteiger partial charge on any atom is 0.152 e. The molecular weight excluding hydrogens is 496 g/mol. The average Bonchev–Trinajstić information content (AvgIpc) is 3.54. The van der Waals surface area contributed by atoms with Crippen molar-refractivity contribution in [2.45, 2.75) is 31.9 Å². The fourth-order valence-electron chi connectivity index (χ4n) is 5.95. The summed E-state index contributed by atoms with van der Waals surface area (Å²) in [6.07, 6.45) is 4.42. The molecule has 0 saturated carbocycles. The van der Waals surface area contributed by atoms with Crippen molar-refractivity contribution in [3.63, 3.8) is 0 Å². The monoisotopic (exact) mass is 532 g/mol. The van der Waals surface area contributed by atoms with Crippen LogP contribution in [0.5, 0.6) is 11.5 Å². The zero-order valence-corrected chi connectivity index (χ0v) is 22.9. The summed E-state index contributed by atoms with van der Waals surface area (Å²) in [6.45, 7) is 5.39. The van der Waals surface area contributed by atoms with E-state index in [0.717, 1.165) is 48.5 Å². The number of hydrogen-bond acceptors (Lipinski definition) is 5. The molecule has 5 heteroatoms. The van der Waals surface area contributed by atoms with Gasteiger partial charge in [0.1, 0.15) is 24.7 Å². The first-order valence-electron chi connectivity index (χ1n) is 14.3. The van der Waals surface area contributed by atoms with Crippen molar-refractivity contribution in [3.8, 4) is 11.5 Å². The zero-order valence-electron chi connectivity index (χ0n) is 22.9. The minimum absolute atomic E-state index is 0.0216. The Labute approximate surface area is 237 Å². The molecule has 0 spiro atoms. The van der Waals surface area contributed by atoms with Crippen molar-refractivity contribution in [2.75, 3.05) is 37.7 Å². The summed E-state index contributed by atoms with van der Waals surface area (Å²) in [5, 5.41) is 0. The molecule has 1 unspecified atom stereocenters. The van der Waals surface area contributed by atoms with E-state index >= 15 is 0 Å². The molecule has 4 aromatic rings. The number of benzene rings is 4. The number of fused-ring (bicyclic) bond motifs is 1. The molecule has 1 saturated heterocycles. The van der Waals surface area contributed by atoms with Crippen LogP contribution in [0.25, 0.3) is 0 Å². The number of rotatable bonds is 10. The molecule has 1 fully saturated rings. The number of aldehydes is 1. The molecule has 0 radical (unpaired) electrons. The summed E-state index contributed by atoms with van der Waals surface area (Å²) < 4.78 is 12.2. The molecule has 40 heavy (non-hydrogen) atoms. The number of likely N-dealkylation sites (tertiary alicyclic amines) is 1. The van der Waals surface area contributed by atoms with Crippen LogP contribution in [0.1, 0.15) is 51.5 Å². The molecule has 2 heterocycles. The van der Waals surface area contributed by atoms with Crippen LogP contribution in [-0.2, 0) is 13.0 Å². The van der Waals surface area contributed by atoms with E-state index in [1.165, 1.54) is 42.6 Å². The van der Waals surface area contributed by atoms with E-state index in [-0.39, 0.29) is 6.04 Å². The van der Waals surface area contributed by atoms with Crippen molar-refractivity contribution in [3.05, 3.63) is 125 Å². The first-order chi connectivity index (χ1) is 19.8. The van der Waals surface area contributed by atoms with Gasteiger partial charge in [0.15, 0.2) is 6.29 Å². The van der Waals surface area contributed by atoms with Crippen LogP contribution in [0, 0.1) is 0 Å². The van der Waals surface area contributed by atoms with Gasteiger partial charge >= 0.3 is 0 Å². The summed E-state index contributed by atoms with van der Waals surface area (Å²) >= 11 is 0. The number of carbonyl (C=O) groups excluding carboxylic acids is 1. The van der Waals surface area contributed by atoms with Gasteiger partial charge in [0.2, 0.25) is 0 Å². The second kappa shape index (κ2) is 12.4. The third-order valence-electron chi connectivity index (χ3n) is 8.03. The van der Waals surface area contributed by atoms with E-state index in [9.17, 15) is 4.79 Å². The van der Waals surface area contributed by atoms with Crippen molar-refractivity contribution in [1.29, 1.82) is 0 Å². The molecule has 0 bridgehead atoms. The van der Waals surface area contributed by atoms with Crippen molar-refractivity contribution in [1.82, 2.24) is 4.90 Å². The lowest BCUT2D eigenvalue weighted by atomic mass is 9.87. The highest BCUT2D eigenvalue weighted by atomic mass is 16.5. The fourth-order valence-corrected chi connectivity index (χ4v) is 5.95. The first kappa shape index (κ1) is 26.1. The molecule has 2 aliphatic heterocycles. The number of hydrogen-bond donors (Lipinski definition) is 0. The predicted molar refractivity (Wildman–Crippen MR) is 160 cm³/mol. The quantitative estimate of drug-likeness (QED) is 0.213. The molecule has 0 aliphatic carbocycles. The molecule has 4 aromatic carbocycles. The molecule has 0 N–H and O–H groups in total. The third kappa shape index (κ3) is 5.90. The van der Waals surface area contributed by atoms with Gasteiger partial charge in [-0.2, -0.15) is 0 Å². The molecule has 2 aliphatic rings. The molecule has 6 rings (SSSR count). The summed E-state index contributed by atoms with van der Waals surface area (Å²) in [4.78, 5) is 16.8. The van der Waals surface area contributed by atoms with E-state index < -0.39 is 0 Å². The van der Waals surface area contributed by atoms with Crippen molar-refractivity contribution < 1.29 is 14.3 Å². The SMILES string of the molecule is O=Cc1ccccc1N1CCc2cc(OCc3ccccc3)ccc2C1c1ccc(OCCN2CCCC2)cc1. The van der Waals surface area contributed by atoms with Gasteiger partial charge in [-0.25, -0.2) is 0 Å². The molecule has 204 valence electrons. The van der Waals surface area contributed by atoms with Gasteiger partial charge in [-0.15, -0.1) is 0 Å². The number of anilines is 1. The molecule has 0 aromatic heterocycles. The normalized spacial score (nSPS) is 16.9. The minimum atomic E-state index is -0.0216. The summed E-state index contributed by atoms with van der Waals surface area (Å²) in [5.74, 6) is 1.77. The first-order valence-corrected chi connectivity index (χ1v) is 14.3. The van der Waals surface area contributed by atoms with Crippen LogP contribution in [-0.4, -0.2) is 44.0 Å². The molecule has 0 amide bonds. The van der Waals surface area contributed by atoms with Gasteiger partial charge in [-0.05, 0) is 91.0 Å². The van der Waals surface area contributed by atoms with Crippen molar-refractivity contribution in [2.24, 2.45) is 0 Å². The lowest BCUT2D eigenvalue weighted by molar-refractivity contribution is 0.112. The Morgan fingerprint density at radius 3 is 2.33 bits per heavy atom. The fraction of sp³-hybridized carbons (Fsp3) is 0.286. The van der Waals surface area contributed by atoms with Gasteiger partial charge in [-0.3, -0.25) is 9.69 Å². The maximum absolute atomic E-state index is 12.0. The van der Waals surface area contributed by atoms with Gasteiger partial charge in [-0.1, -0.05) is 60.7 Å². The minimum Gasteiger partial charge on any atom is -0.492 e. The number of nitrogens with zero attached hydrogens (tertiary/aromatic N) is 2. The summed E-state index contributed by atoms with van der Waals surface area (Å²) in [6, 6.07) is 33.0. The highest BCUT2D eigenvalue weighted by Crippen LogP contribution is 2.40. The standard InChI is InChI=1S/C35H36N2O3/c38-25-30-10-4-5-11-34(30)37-21-18-29-24-32(40-26-27-8-2-1-3-9-27)16-17-33(29)35(37)28-12-14-31(15-13-28)39-23-22-36-19-6-7-20-36/h1-5,8-17,24-25,35H,6-7,18-23,26H2. The Morgan fingerprint density at radius 2 is 1.52 bits per heavy atom. The van der Waals surface area contributed by atoms with E-state index in [1.54, 1.807) is 0 Å². The second-order valence-corrected chi connectivity index (χ2v) is 10.6. The number of ether oxygens (including phenoxy) is 2. The molecule has 5 nitrogen and oxygen atoms in total. The number of carbonyl (C=O) groups is 1. The predicted octanol–water partition coefficient (Wildman–Crippen LogP) is 6.70. The summed E-state index contributed by atoms with van der Waals surface area (Å²) in [7, 11) is 0. The topological polar surface area (TPSA) is 42.0 Å². The van der Waals surface area contributed by atoms with Gasteiger partial charge < -0.3 is 14.4 Å². The van der Waals surface area contributed by atoms with Crippen LogP contribution >= 0.6 is 0 Å². The van der Waals surface area contributed by atoms with Crippen LogP contribution in [0.2, 0.25) is 0 Å². The van der Waals surface area contributed by atoms with Gasteiger partial charge in [0.05, 0.1) is 6.04 Å². The van der Waals surface area contributed by atoms with Crippen LogP contribution in [0.4, 0.5) is 5.69 Å². The zero-order chi connectivity index (χ0) is 27.1. The van der Waals surface area contributed by atoms with Gasteiger partial charge in [0, 0.05) is 24.3 Å². The van der Waals surface area contributed by atoms with E-state index in [2.05, 4.69) is 70.5 Å².